The van der Waals surface area contributed by atoms with Crippen LogP contribution in [-0.2, 0) is 9.59 Å². The molecule has 0 spiro atoms. The van der Waals surface area contributed by atoms with Crippen molar-refractivity contribution in [2.45, 2.75) is 13.8 Å². The normalized spacial score (nSPS) is 23.7. The van der Waals surface area contributed by atoms with Crippen molar-refractivity contribution in [2.24, 2.45) is 17.3 Å². The highest BCUT2D eigenvalue weighted by Gasteiger charge is 2.65. The molecule has 5 nitrogen and oxygen atoms in total. The molecule has 2 atom stereocenters. The van der Waals surface area contributed by atoms with Crippen molar-refractivity contribution >= 4 is 29.2 Å². The van der Waals surface area contributed by atoms with Gasteiger partial charge in [0.1, 0.15) is 5.75 Å². The van der Waals surface area contributed by atoms with E-state index >= 15 is 0 Å². The first-order valence-electron chi connectivity index (χ1n) is 5.77. The molecule has 1 fully saturated rings. The zero-order valence-electron chi connectivity index (χ0n) is 10.5. The van der Waals surface area contributed by atoms with Gasteiger partial charge >= 0.3 is 5.97 Å². The standard InChI is InChI=1S/C13H14ClNO4/c1-13(2)9(10(13)12(18)19)11(17)15-7-5-6(14)3-4-8(7)16/h3-5,9-10,16H,1-2H3,(H,15,17)(H,18,19)/t9-,10+/m1/s1. The van der Waals surface area contributed by atoms with Gasteiger partial charge in [0.2, 0.25) is 5.91 Å². The Labute approximate surface area is 115 Å². The molecule has 2 rings (SSSR count). The summed E-state index contributed by atoms with van der Waals surface area (Å²) in [6, 6.07) is 4.28. The molecule has 1 saturated carbocycles. The SMILES string of the molecule is CC1(C)[C@H](C(=O)O)[C@@H]1C(=O)Nc1cc(Cl)ccc1O. The fourth-order valence-corrected chi connectivity index (χ4v) is 2.58. The number of aliphatic carboxylic acids is 1. The molecule has 102 valence electrons. The zero-order valence-corrected chi connectivity index (χ0v) is 11.2. The van der Waals surface area contributed by atoms with Gasteiger partial charge in [-0.15, -0.1) is 0 Å². The van der Waals surface area contributed by atoms with Gasteiger partial charge in [0.25, 0.3) is 0 Å². The van der Waals surface area contributed by atoms with Crippen LogP contribution in [0.15, 0.2) is 18.2 Å². The van der Waals surface area contributed by atoms with E-state index in [1.807, 2.05) is 0 Å². The molecular formula is C13H14ClNO4. The van der Waals surface area contributed by atoms with Crippen LogP contribution in [0.1, 0.15) is 13.8 Å². The van der Waals surface area contributed by atoms with E-state index in [-0.39, 0.29) is 11.4 Å². The summed E-state index contributed by atoms with van der Waals surface area (Å²) in [7, 11) is 0. The van der Waals surface area contributed by atoms with Crippen molar-refractivity contribution in [3.63, 3.8) is 0 Å². The molecule has 1 aliphatic rings. The van der Waals surface area contributed by atoms with Crippen LogP contribution in [0.3, 0.4) is 0 Å². The Hall–Kier alpha value is -1.75. The zero-order chi connectivity index (χ0) is 14.4. The number of carboxylic acids is 1. The average Bonchev–Trinajstić information content (AvgIpc) is 2.87. The molecule has 0 unspecified atom stereocenters. The molecule has 1 aromatic rings. The van der Waals surface area contributed by atoms with Crippen molar-refractivity contribution in [1.82, 2.24) is 0 Å². The van der Waals surface area contributed by atoms with Gasteiger partial charge in [-0.1, -0.05) is 25.4 Å². The first-order valence-corrected chi connectivity index (χ1v) is 6.15. The Kier molecular flexibility index (Phi) is 3.18. The lowest BCUT2D eigenvalue weighted by atomic mass is 10.1. The summed E-state index contributed by atoms with van der Waals surface area (Å²) in [6.45, 7) is 3.46. The van der Waals surface area contributed by atoms with Gasteiger partial charge in [0.15, 0.2) is 0 Å². The number of aromatic hydroxyl groups is 1. The number of amides is 1. The lowest BCUT2D eigenvalue weighted by molar-refractivity contribution is -0.140. The number of phenols is 1. The maximum absolute atomic E-state index is 12.0. The fourth-order valence-electron chi connectivity index (χ4n) is 2.41. The maximum atomic E-state index is 12.0. The Morgan fingerprint density at radius 1 is 1.32 bits per heavy atom. The van der Waals surface area contributed by atoms with E-state index in [2.05, 4.69) is 5.32 Å². The van der Waals surface area contributed by atoms with Crippen LogP contribution in [0.4, 0.5) is 5.69 Å². The van der Waals surface area contributed by atoms with Gasteiger partial charge in [-0.05, 0) is 23.6 Å². The third kappa shape index (κ3) is 2.38. The van der Waals surface area contributed by atoms with E-state index in [1.165, 1.54) is 18.2 Å². The number of nitrogens with one attached hydrogen (secondary N) is 1. The number of hydrogen-bond acceptors (Lipinski definition) is 3. The summed E-state index contributed by atoms with van der Waals surface area (Å²) < 4.78 is 0. The molecule has 0 radical (unpaired) electrons. The topological polar surface area (TPSA) is 86.6 Å². The number of hydrogen-bond donors (Lipinski definition) is 3. The van der Waals surface area contributed by atoms with Crippen molar-refractivity contribution in [2.75, 3.05) is 5.32 Å². The highest BCUT2D eigenvalue weighted by Crippen LogP contribution is 2.58. The predicted octanol–water partition coefficient (Wildman–Crippen LogP) is 2.34. The lowest BCUT2D eigenvalue weighted by Gasteiger charge is -2.08. The third-order valence-electron chi connectivity index (χ3n) is 3.59. The predicted molar refractivity (Wildman–Crippen MR) is 70.1 cm³/mol. The highest BCUT2D eigenvalue weighted by atomic mass is 35.5. The molecule has 1 aromatic carbocycles. The van der Waals surface area contributed by atoms with E-state index in [4.69, 9.17) is 16.7 Å². The van der Waals surface area contributed by atoms with Gasteiger partial charge in [-0.2, -0.15) is 0 Å². The van der Waals surface area contributed by atoms with Crippen LogP contribution in [0, 0.1) is 17.3 Å². The second kappa shape index (κ2) is 4.42. The first kappa shape index (κ1) is 13.7. The number of carbonyl (C=O) groups is 2. The first-order chi connectivity index (χ1) is 8.75. The molecule has 0 saturated heterocycles. The maximum Gasteiger partial charge on any atom is 0.307 e. The van der Waals surface area contributed by atoms with Crippen LogP contribution in [0.5, 0.6) is 5.75 Å². The Balaban J connectivity index is 2.15. The minimum atomic E-state index is -0.986. The van der Waals surface area contributed by atoms with Crippen LogP contribution >= 0.6 is 11.6 Å². The van der Waals surface area contributed by atoms with Crippen LogP contribution in [0.25, 0.3) is 0 Å². The molecule has 0 aromatic heterocycles. The van der Waals surface area contributed by atoms with Crippen molar-refractivity contribution in [3.05, 3.63) is 23.2 Å². The summed E-state index contributed by atoms with van der Waals surface area (Å²) >= 11 is 5.77. The van der Waals surface area contributed by atoms with Crippen LogP contribution in [-0.4, -0.2) is 22.1 Å². The van der Waals surface area contributed by atoms with Gasteiger partial charge < -0.3 is 15.5 Å². The Bertz CT molecular complexity index is 556. The van der Waals surface area contributed by atoms with Gasteiger partial charge in [-0.25, -0.2) is 0 Å². The van der Waals surface area contributed by atoms with Gasteiger partial charge in [-0.3, -0.25) is 9.59 Å². The summed E-state index contributed by atoms with van der Waals surface area (Å²) in [6.07, 6.45) is 0. The van der Waals surface area contributed by atoms with E-state index in [1.54, 1.807) is 13.8 Å². The van der Waals surface area contributed by atoms with Crippen LogP contribution in [0.2, 0.25) is 5.02 Å². The lowest BCUT2D eigenvalue weighted by Crippen LogP contribution is -2.17. The number of phenolic OH excluding ortho intramolecular Hbond substituents is 1. The monoisotopic (exact) mass is 283 g/mol. The van der Waals surface area contributed by atoms with Crippen LogP contribution < -0.4 is 5.32 Å². The number of halogens is 1. The molecule has 1 amide bonds. The fraction of sp³-hybridized carbons (Fsp3) is 0.385. The van der Waals surface area contributed by atoms with E-state index in [9.17, 15) is 14.7 Å². The van der Waals surface area contributed by atoms with E-state index in [0.29, 0.717) is 5.02 Å². The number of carboxylic acid groups (broad SMARTS) is 1. The summed E-state index contributed by atoms with van der Waals surface area (Å²) in [5.41, 5.74) is -0.395. The van der Waals surface area contributed by atoms with Crippen molar-refractivity contribution in [1.29, 1.82) is 0 Å². The second-order valence-electron chi connectivity index (χ2n) is 5.27. The summed E-state index contributed by atoms with van der Waals surface area (Å²) in [5, 5.41) is 21.5. The van der Waals surface area contributed by atoms with Crippen molar-refractivity contribution < 1.29 is 19.8 Å². The largest absolute Gasteiger partial charge is 0.506 e. The highest BCUT2D eigenvalue weighted by molar-refractivity contribution is 6.31. The molecule has 0 bridgehead atoms. The Morgan fingerprint density at radius 3 is 2.47 bits per heavy atom. The third-order valence-corrected chi connectivity index (χ3v) is 3.83. The van der Waals surface area contributed by atoms with E-state index in [0.717, 1.165) is 0 Å². The minimum absolute atomic E-state index is 0.108. The molecule has 6 heteroatoms. The van der Waals surface area contributed by atoms with Crippen molar-refractivity contribution in [3.8, 4) is 5.75 Å². The number of benzene rings is 1. The molecule has 0 aliphatic heterocycles. The molecular weight excluding hydrogens is 270 g/mol. The van der Waals surface area contributed by atoms with Gasteiger partial charge in [0.05, 0.1) is 17.5 Å². The summed E-state index contributed by atoms with van der Waals surface area (Å²) in [5.74, 6) is -2.82. The van der Waals surface area contributed by atoms with E-state index < -0.39 is 29.1 Å². The molecule has 1 aliphatic carbocycles. The smallest absolute Gasteiger partial charge is 0.307 e. The summed E-state index contributed by atoms with van der Waals surface area (Å²) in [4.78, 5) is 23.1. The molecule has 3 N–H and O–H groups in total. The molecule has 19 heavy (non-hydrogen) atoms. The molecule has 0 heterocycles. The number of anilines is 1. The quantitative estimate of drug-likeness (QED) is 0.743. The second-order valence-corrected chi connectivity index (χ2v) is 5.70. The van der Waals surface area contributed by atoms with Gasteiger partial charge in [0, 0.05) is 5.02 Å². The number of rotatable bonds is 3. The average molecular weight is 284 g/mol. The number of carbonyl (C=O) groups excluding carboxylic acids is 1. The minimum Gasteiger partial charge on any atom is -0.506 e. The Morgan fingerprint density at radius 2 is 1.95 bits per heavy atom.